The number of benzene rings is 1. The van der Waals surface area contributed by atoms with Gasteiger partial charge in [-0.3, -0.25) is 19.3 Å². The van der Waals surface area contributed by atoms with Gasteiger partial charge in [0.1, 0.15) is 11.6 Å². The number of fused-ring (bicyclic) bond motifs is 1. The number of likely N-dealkylation sites (tertiary alicyclic amines) is 2. The molecule has 1 aromatic carbocycles. The topological polar surface area (TPSA) is 66.9 Å². The Labute approximate surface area is 150 Å². The van der Waals surface area contributed by atoms with Crippen LogP contribution in [0.15, 0.2) is 36.4 Å². The van der Waals surface area contributed by atoms with Gasteiger partial charge in [-0.2, -0.15) is 0 Å². The maximum Gasteiger partial charge on any atom is 0.260 e. The van der Waals surface area contributed by atoms with E-state index in [2.05, 4.69) is 0 Å². The molecule has 0 aromatic heterocycles. The molecular weight excluding hydrogens is 339 g/mol. The lowest BCUT2D eigenvalue weighted by molar-refractivity contribution is -0.153. The van der Waals surface area contributed by atoms with Gasteiger partial charge >= 0.3 is 0 Å². The number of nitrogens with zero attached hydrogens (tertiary/aromatic N) is 2. The van der Waals surface area contributed by atoms with Crippen molar-refractivity contribution < 1.29 is 23.5 Å². The number of rotatable bonds is 4. The molecule has 2 saturated heterocycles. The zero-order chi connectivity index (χ0) is 18.3. The smallest absolute Gasteiger partial charge is 0.260 e. The van der Waals surface area contributed by atoms with Crippen molar-refractivity contribution in [2.24, 2.45) is 11.8 Å². The van der Waals surface area contributed by atoms with Crippen molar-refractivity contribution in [3.63, 3.8) is 0 Å². The summed E-state index contributed by atoms with van der Waals surface area (Å²) in [6.07, 6.45) is 5.15. The van der Waals surface area contributed by atoms with Gasteiger partial charge in [0, 0.05) is 13.1 Å². The van der Waals surface area contributed by atoms with Crippen LogP contribution < -0.4 is 4.74 Å². The van der Waals surface area contributed by atoms with Gasteiger partial charge in [0.25, 0.3) is 5.91 Å². The van der Waals surface area contributed by atoms with E-state index in [-0.39, 0.29) is 48.0 Å². The average Bonchev–Trinajstić information content (AvgIpc) is 2.86. The molecule has 4 rings (SSSR count). The summed E-state index contributed by atoms with van der Waals surface area (Å²) in [6, 6.07) is 5.20. The van der Waals surface area contributed by atoms with Gasteiger partial charge in [0.05, 0.1) is 17.9 Å². The van der Waals surface area contributed by atoms with E-state index in [4.69, 9.17) is 4.74 Å². The lowest BCUT2D eigenvalue weighted by Crippen LogP contribution is -2.63. The Kier molecular flexibility index (Phi) is 4.22. The van der Waals surface area contributed by atoms with E-state index in [9.17, 15) is 18.8 Å². The summed E-state index contributed by atoms with van der Waals surface area (Å²) in [7, 11) is 0. The minimum atomic E-state index is -0.370. The maximum absolute atomic E-state index is 12.8. The van der Waals surface area contributed by atoms with Crippen molar-refractivity contribution in [3.05, 3.63) is 42.2 Å². The molecule has 2 aliphatic heterocycles. The van der Waals surface area contributed by atoms with Crippen LogP contribution in [0.25, 0.3) is 0 Å². The second-order valence-corrected chi connectivity index (χ2v) is 6.90. The third-order valence-electron chi connectivity index (χ3n) is 5.30. The van der Waals surface area contributed by atoms with Gasteiger partial charge in [-0.05, 0) is 37.1 Å². The van der Waals surface area contributed by atoms with Crippen molar-refractivity contribution in [3.8, 4) is 5.75 Å². The molecule has 0 radical (unpaired) electrons. The van der Waals surface area contributed by atoms with Crippen molar-refractivity contribution in [1.29, 1.82) is 0 Å². The average molecular weight is 358 g/mol. The third-order valence-corrected chi connectivity index (χ3v) is 5.30. The molecule has 2 fully saturated rings. The first-order valence-corrected chi connectivity index (χ1v) is 8.72. The SMILES string of the molecule is O=C(COc1ccc(F)cc1)N1CC(N2C(=O)C3CC=CCC3C2=O)C1. The van der Waals surface area contributed by atoms with Crippen LogP contribution in [0.3, 0.4) is 0 Å². The van der Waals surface area contributed by atoms with Crippen LogP contribution in [0.4, 0.5) is 4.39 Å². The molecule has 26 heavy (non-hydrogen) atoms. The molecule has 0 spiro atoms. The van der Waals surface area contributed by atoms with E-state index in [1.165, 1.54) is 29.2 Å². The second-order valence-electron chi connectivity index (χ2n) is 6.90. The number of carbonyl (C=O) groups excluding carboxylic acids is 3. The first kappa shape index (κ1) is 16.8. The van der Waals surface area contributed by atoms with E-state index < -0.39 is 0 Å². The zero-order valence-corrected chi connectivity index (χ0v) is 14.1. The Morgan fingerprint density at radius 2 is 1.62 bits per heavy atom. The first-order chi connectivity index (χ1) is 12.5. The summed E-state index contributed by atoms with van der Waals surface area (Å²) in [5.74, 6) is -0.863. The highest BCUT2D eigenvalue weighted by Gasteiger charge is 2.52. The molecule has 0 N–H and O–H groups in total. The number of allylic oxidation sites excluding steroid dienone is 2. The van der Waals surface area contributed by atoms with Crippen LogP contribution in [0.5, 0.6) is 5.75 Å². The van der Waals surface area contributed by atoms with Gasteiger partial charge in [-0.1, -0.05) is 12.2 Å². The number of carbonyl (C=O) groups is 3. The number of ether oxygens (including phenoxy) is 1. The maximum atomic E-state index is 12.8. The van der Waals surface area contributed by atoms with Crippen LogP contribution >= 0.6 is 0 Å². The molecule has 7 heteroatoms. The van der Waals surface area contributed by atoms with Gasteiger partial charge in [-0.25, -0.2) is 4.39 Å². The fraction of sp³-hybridized carbons (Fsp3) is 0.421. The van der Waals surface area contributed by atoms with Crippen LogP contribution in [-0.4, -0.2) is 53.3 Å². The number of hydrogen-bond acceptors (Lipinski definition) is 4. The largest absolute Gasteiger partial charge is 0.484 e. The van der Waals surface area contributed by atoms with Crippen molar-refractivity contribution >= 4 is 17.7 Å². The Morgan fingerprint density at radius 1 is 1.04 bits per heavy atom. The minimum absolute atomic E-state index is 0.107. The highest BCUT2D eigenvalue weighted by molar-refractivity contribution is 6.06. The fourth-order valence-corrected chi connectivity index (χ4v) is 3.78. The summed E-state index contributed by atoms with van der Waals surface area (Å²) < 4.78 is 18.2. The van der Waals surface area contributed by atoms with E-state index in [1.54, 1.807) is 4.90 Å². The highest BCUT2D eigenvalue weighted by atomic mass is 19.1. The lowest BCUT2D eigenvalue weighted by atomic mass is 9.85. The van der Waals surface area contributed by atoms with E-state index >= 15 is 0 Å². The Morgan fingerprint density at radius 3 is 2.19 bits per heavy atom. The summed E-state index contributed by atoms with van der Waals surface area (Å²) >= 11 is 0. The molecular formula is C19H19FN2O4. The van der Waals surface area contributed by atoms with Crippen LogP contribution in [-0.2, 0) is 14.4 Å². The molecule has 3 aliphatic rings. The van der Waals surface area contributed by atoms with Crippen LogP contribution in [0, 0.1) is 17.7 Å². The quantitative estimate of drug-likeness (QED) is 0.602. The molecule has 1 aliphatic carbocycles. The van der Waals surface area contributed by atoms with Crippen LogP contribution in [0.2, 0.25) is 0 Å². The van der Waals surface area contributed by atoms with E-state index in [1.807, 2.05) is 12.2 Å². The molecule has 136 valence electrons. The molecule has 6 nitrogen and oxygen atoms in total. The summed E-state index contributed by atoms with van der Waals surface area (Å²) in [5, 5.41) is 0. The number of hydrogen-bond donors (Lipinski definition) is 0. The molecule has 0 saturated carbocycles. The van der Waals surface area contributed by atoms with Gasteiger partial charge < -0.3 is 9.64 Å². The first-order valence-electron chi connectivity index (χ1n) is 8.72. The fourth-order valence-electron chi connectivity index (χ4n) is 3.78. The molecule has 2 atom stereocenters. The van der Waals surface area contributed by atoms with Crippen molar-refractivity contribution in [2.75, 3.05) is 19.7 Å². The Balaban J connectivity index is 1.29. The highest BCUT2D eigenvalue weighted by Crippen LogP contribution is 2.37. The molecule has 2 heterocycles. The second kappa shape index (κ2) is 6.55. The lowest BCUT2D eigenvalue weighted by Gasteiger charge is -2.43. The molecule has 3 amide bonds. The van der Waals surface area contributed by atoms with Gasteiger partial charge in [-0.15, -0.1) is 0 Å². The van der Waals surface area contributed by atoms with Gasteiger partial charge in [0.15, 0.2) is 6.61 Å². The van der Waals surface area contributed by atoms with Crippen LogP contribution in [0.1, 0.15) is 12.8 Å². The molecule has 2 unspecified atom stereocenters. The predicted octanol–water partition coefficient (Wildman–Crippen LogP) is 1.37. The number of imide groups is 1. The zero-order valence-electron chi connectivity index (χ0n) is 14.1. The number of amides is 3. The molecule has 0 bridgehead atoms. The standard InChI is InChI=1S/C19H19FN2O4/c20-12-5-7-14(8-6-12)26-11-17(23)21-9-13(10-21)22-18(24)15-3-1-2-4-16(15)19(22)25/h1-2,5-8,13,15-16H,3-4,9-11H2. The van der Waals surface area contributed by atoms with E-state index in [0.29, 0.717) is 31.7 Å². The summed E-state index contributed by atoms with van der Waals surface area (Å²) in [6.45, 7) is 0.529. The Hall–Kier alpha value is -2.70. The number of halogens is 1. The summed E-state index contributed by atoms with van der Waals surface area (Å²) in [4.78, 5) is 40.1. The van der Waals surface area contributed by atoms with Crippen molar-refractivity contribution in [2.45, 2.75) is 18.9 Å². The monoisotopic (exact) mass is 358 g/mol. The summed E-state index contributed by atoms with van der Waals surface area (Å²) in [5.41, 5.74) is 0. The minimum Gasteiger partial charge on any atom is -0.484 e. The predicted molar refractivity (Wildman–Crippen MR) is 89.5 cm³/mol. The molecule has 1 aromatic rings. The normalized spacial score (nSPS) is 25.3. The van der Waals surface area contributed by atoms with Gasteiger partial charge in [0.2, 0.25) is 11.8 Å². The van der Waals surface area contributed by atoms with Crippen molar-refractivity contribution in [1.82, 2.24) is 9.80 Å². The Bertz CT molecular complexity index is 744. The third kappa shape index (κ3) is 2.87. The van der Waals surface area contributed by atoms with E-state index in [0.717, 1.165) is 0 Å².